The molecule has 0 aliphatic heterocycles. The van der Waals surface area contributed by atoms with Crippen LogP contribution < -0.4 is 8.85 Å². The summed E-state index contributed by atoms with van der Waals surface area (Å²) in [6.45, 7) is 4.47. The second kappa shape index (κ2) is 5.63. The van der Waals surface area contributed by atoms with E-state index in [2.05, 4.69) is 38.1 Å². The topological polar surface area (TPSA) is 18.5 Å². The second-order valence-electron chi connectivity index (χ2n) is 5.08. The number of benzene rings is 2. The van der Waals surface area contributed by atoms with Crippen molar-refractivity contribution in [2.24, 2.45) is 0 Å². The van der Waals surface area contributed by atoms with Gasteiger partial charge in [-0.15, -0.1) is 0 Å². The summed E-state index contributed by atoms with van der Waals surface area (Å²) >= 11 is 0. The van der Waals surface area contributed by atoms with Crippen LogP contribution in [0.3, 0.4) is 0 Å². The summed E-state index contributed by atoms with van der Waals surface area (Å²) in [6.07, 6.45) is 0. The normalized spacial score (nSPS) is 11.5. The minimum Gasteiger partial charge on any atom is -0.553 e. The summed E-state index contributed by atoms with van der Waals surface area (Å²) < 4.78 is 10.7. The zero-order valence-electron chi connectivity index (χ0n) is 11.9. The van der Waals surface area contributed by atoms with Crippen LogP contribution in [0.2, 0.25) is 0 Å². The van der Waals surface area contributed by atoms with E-state index in [9.17, 15) is 0 Å². The zero-order chi connectivity index (χ0) is 13.9. The van der Waals surface area contributed by atoms with Gasteiger partial charge in [0.1, 0.15) is 11.5 Å². The minimum absolute atomic E-state index is 0.0204. The van der Waals surface area contributed by atoms with Gasteiger partial charge in [0.15, 0.2) is 0 Å². The summed E-state index contributed by atoms with van der Waals surface area (Å²) in [6, 6.07) is 16.7. The molecule has 2 nitrogen and oxygen atoms in total. The van der Waals surface area contributed by atoms with Gasteiger partial charge in [0.05, 0.1) is 0 Å². The largest absolute Gasteiger partial charge is 0.553 e. The van der Waals surface area contributed by atoms with E-state index < -0.39 is 0 Å². The van der Waals surface area contributed by atoms with Gasteiger partial charge in [-0.3, -0.25) is 0 Å². The molecule has 0 amide bonds. The van der Waals surface area contributed by atoms with Crippen LogP contribution in [0.4, 0.5) is 0 Å². The summed E-state index contributed by atoms with van der Waals surface area (Å²) in [7, 11) is 1.46. The van der Waals surface area contributed by atoms with E-state index >= 15 is 0 Å². The highest BCUT2D eigenvalue weighted by atomic mass is 28.2. The van der Waals surface area contributed by atoms with Gasteiger partial charge in [-0.2, -0.15) is 0 Å². The Morgan fingerprint density at radius 1 is 0.684 bits per heavy atom. The van der Waals surface area contributed by atoms with Gasteiger partial charge in [0.2, 0.25) is 21.0 Å². The van der Waals surface area contributed by atoms with Crippen LogP contribution in [-0.4, -0.2) is 21.0 Å². The molecule has 0 heterocycles. The maximum atomic E-state index is 5.34. The van der Waals surface area contributed by atoms with Crippen LogP contribution in [-0.2, 0) is 5.41 Å². The smallest absolute Gasteiger partial charge is 0.204 e. The average molecular weight is 288 g/mol. The summed E-state index contributed by atoms with van der Waals surface area (Å²) in [5, 5.41) is 0. The van der Waals surface area contributed by atoms with Crippen molar-refractivity contribution in [3.05, 3.63) is 59.7 Å². The van der Waals surface area contributed by atoms with Crippen molar-refractivity contribution in [1.29, 1.82) is 0 Å². The van der Waals surface area contributed by atoms with Crippen LogP contribution in [0.1, 0.15) is 25.0 Å². The van der Waals surface area contributed by atoms with Crippen molar-refractivity contribution in [2.75, 3.05) is 0 Å². The molecule has 0 bridgehead atoms. The van der Waals surface area contributed by atoms with E-state index in [0.717, 1.165) is 32.5 Å². The monoisotopic (exact) mass is 288 g/mol. The van der Waals surface area contributed by atoms with Crippen LogP contribution in [0.15, 0.2) is 48.5 Å². The van der Waals surface area contributed by atoms with Gasteiger partial charge in [-0.05, 0) is 35.4 Å². The fourth-order valence-electron chi connectivity index (χ4n) is 2.18. The van der Waals surface area contributed by atoms with E-state index in [1.807, 2.05) is 24.3 Å². The molecule has 0 fully saturated rings. The second-order valence-corrected chi connectivity index (χ2v) is 5.90. The third kappa shape index (κ3) is 2.90. The molecule has 0 radical (unpaired) electrons. The van der Waals surface area contributed by atoms with Gasteiger partial charge in [0.25, 0.3) is 0 Å². The van der Waals surface area contributed by atoms with Crippen molar-refractivity contribution in [2.45, 2.75) is 19.3 Å². The Balaban J connectivity index is 2.33. The molecule has 2 aromatic carbocycles. The molecular weight excluding hydrogens is 268 g/mol. The molecule has 19 heavy (non-hydrogen) atoms. The first-order chi connectivity index (χ1) is 9.07. The first kappa shape index (κ1) is 13.9. The number of hydrogen-bond donors (Lipinski definition) is 0. The van der Waals surface area contributed by atoms with Gasteiger partial charge in [-0.25, -0.2) is 0 Å². The Hall–Kier alpha value is -1.53. The average Bonchev–Trinajstić information content (AvgIpc) is 2.47. The summed E-state index contributed by atoms with van der Waals surface area (Å²) in [5.41, 5.74) is 2.55. The summed E-state index contributed by atoms with van der Waals surface area (Å²) in [4.78, 5) is 0. The van der Waals surface area contributed by atoms with Crippen molar-refractivity contribution >= 4 is 21.0 Å². The Morgan fingerprint density at radius 3 is 1.26 bits per heavy atom. The van der Waals surface area contributed by atoms with Crippen LogP contribution in [0.5, 0.6) is 11.5 Å². The molecule has 100 valence electrons. The third-order valence-corrected chi connectivity index (χ3v) is 4.57. The third-order valence-electron chi connectivity index (χ3n) is 3.62. The molecule has 0 aliphatic carbocycles. The Kier molecular flexibility index (Phi) is 4.12. The Bertz CT molecular complexity index is 484. The van der Waals surface area contributed by atoms with Crippen LogP contribution in [0.25, 0.3) is 0 Å². The van der Waals surface area contributed by atoms with Crippen molar-refractivity contribution in [3.8, 4) is 11.5 Å². The Labute approximate surface area is 120 Å². The molecule has 0 N–H and O–H groups in total. The highest BCUT2D eigenvalue weighted by Gasteiger charge is 2.22. The zero-order valence-corrected chi connectivity index (χ0v) is 15.9. The molecule has 0 aliphatic rings. The van der Waals surface area contributed by atoms with E-state index in [1.165, 1.54) is 11.1 Å². The minimum atomic E-state index is -0.0204. The van der Waals surface area contributed by atoms with E-state index in [-0.39, 0.29) is 5.41 Å². The van der Waals surface area contributed by atoms with Gasteiger partial charge in [-0.1, -0.05) is 38.1 Å². The molecule has 0 aromatic heterocycles. The standard InChI is InChI=1S/C15H20O2Si2/c1-15(2,11-3-7-13(16-18)8-4-11)12-5-9-14(17-19)10-6-12/h3-10H,1-2,18-19H3. The predicted molar refractivity (Wildman–Crippen MR) is 86.1 cm³/mol. The fraction of sp³-hybridized carbons (Fsp3) is 0.200. The molecule has 2 aromatic rings. The van der Waals surface area contributed by atoms with Crippen molar-refractivity contribution < 1.29 is 8.85 Å². The number of rotatable bonds is 4. The van der Waals surface area contributed by atoms with Crippen LogP contribution in [0, 0.1) is 0 Å². The lowest BCUT2D eigenvalue weighted by Crippen LogP contribution is -2.18. The quantitative estimate of drug-likeness (QED) is 0.790. The number of hydrogen-bond acceptors (Lipinski definition) is 2. The lowest BCUT2D eigenvalue weighted by Gasteiger charge is -2.26. The summed E-state index contributed by atoms with van der Waals surface area (Å²) in [5.74, 6) is 1.90. The molecule has 4 heteroatoms. The fourth-order valence-corrected chi connectivity index (χ4v) is 2.73. The highest BCUT2D eigenvalue weighted by molar-refractivity contribution is 6.00. The molecule has 0 saturated heterocycles. The Morgan fingerprint density at radius 2 is 1.00 bits per heavy atom. The lowest BCUT2D eigenvalue weighted by molar-refractivity contribution is 0.604. The first-order valence-electron chi connectivity index (χ1n) is 6.37. The predicted octanol–water partition coefficient (Wildman–Crippen LogP) is 1.33. The molecule has 0 spiro atoms. The maximum Gasteiger partial charge on any atom is 0.204 e. The highest BCUT2D eigenvalue weighted by Crippen LogP contribution is 2.33. The van der Waals surface area contributed by atoms with Crippen molar-refractivity contribution in [3.63, 3.8) is 0 Å². The molecular formula is C15H20O2Si2. The van der Waals surface area contributed by atoms with Crippen LogP contribution >= 0.6 is 0 Å². The molecule has 0 unspecified atom stereocenters. The first-order valence-corrected chi connectivity index (χ1v) is 8.00. The van der Waals surface area contributed by atoms with E-state index in [0.29, 0.717) is 0 Å². The lowest BCUT2D eigenvalue weighted by atomic mass is 9.78. The van der Waals surface area contributed by atoms with Gasteiger partial charge < -0.3 is 8.85 Å². The van der Waals surface area contributed by atoms with E-state index in [1.54, 1.807) is 0 Å². The maximum absolute atomic E-state index is 5.34. The SMILES string of the molecule is CC(C)(c1ccc(O[SiH3])cc1)c1ccc(O[SiH3])cc1. The molecule has 0 atom stereocenters. The van der Waals surface area contributed by atoms with E-state index in [4.69, 9.17) is 8.85 Å². The van der Waals surface area contributed by atoms with Crippen molar-refractivity contribution in [1.82, 2.24) is 0 Å². The van der Waals surface area contributed by atoms with Gasteiger partial charge in [0, 0.05) is 5.41 Å². The molecule has 0 saturated carbocycles. The molecule has 2 rings (SSSR count). The van der Waals surface area contributed by atoms with Gasteiger partial charge >= 0.3 is 0 Å².